The Kier molecular flexibility index (Phi) is 4.16. The Hall–Kier alpha value is -1.89. The van der Waals surface area contributed by atoms with E-state index in [0.717, 1.165) is 11.1 Å². The van der Waals surface area contributed by atoms with E-state index in [-0.39, 0.29) is 12.6 Å². The van der Waals surface area contributed by atoms with Gasteiger partial charge in [-0.25, -0.2) is 4.79 Å². The maximum atomic E-state index is 10.6. The number of aliphatic carboxylic acids is 1. The van der Waals surface area contributed by atoms with Crippen molar-refractivity contribution in [1.82, 2.24) is 0 Å². The summed E-state index contributed by atoms with van der Waals surface area (Å²) in [6.45, 7) is -0.380. The lowest BCUT2D eigenvalue weighted by Gasteiger charge is -2.22. The Labute approximate surface area is 111 Å². The third-order valence-electron chi connectivity index (χ3n) is 3.00. The van der Waals surface area contributed by atoms with Crippen LogP contribution in [0.2, 0.25) is 0 Å². The average Bonchev–Trinajstić information content (AvgIpc) is 2.35. The van der Waals surface area contributed by atoms with Crippen molar-refractivity contribution in [3.63, 3.8) is 0 Å². The molecule has 0 saturated heterocycles. The van der Waals surface area contributed by atoms with Gasteiger partial charge in [-0.2, -0.15) is 12.8 Å². The highest BCUT2D eigenvalue weighted by molar-refractivity contribution is 7.61. The zero-order valence-corrected chi connectivity index (χ0v) is 10.9. The molecule has 2 rings (SSSR count). The predicted molar refractivity (Wildman–Crippen MR) is 66.7 cm³/mol. The summed E-state index contributed by atoms with van der Waals surface area (Å²) in [6.07, 6.45) is 1.79. The lowest BCUT2D eigenvalue weighted by Crippen LogP contribution is -2.19. The molecule has 0 saturated carbocycles. The quantitative estimate of drug-likeness (QED) is 0.892. The lowest BCUT2D eigenvalue weighted by atomic mass is 9.88. The standard InChI is InChI=1S/C12H13NO5S/c14-12(15)7-18-11-3-1-2-8-6-9(13-19(16)17)4-5-10(8)11/h1-3,9H,4-7H2,(H,14,15). The first-order valence-electron chi connectivity index (χ1n) is 5.82. The smallest absolute Gasteiger partial charge is 0.341 e. The van der Waals surface area contributed by atoms with E-state index >= 15 is 0 Å². The number of carbonyl (C=O) groups is 1. The number of hydrogen-bond acceptors (Lipinski definition) is 5. The molecule has 1 unspecified atom stereocenters. The first-order chi connectivity index (χ1) is 9.06. The van der Waals surface area contributed by atoms with Gasteiger partial charge in [0.1, 0.15) is 5.75 Å². The third-order valence-corrected chi connectivity index (χ3v) is 3.47. The molecular weight excluding hydrogens is 270 g/mol. The van der Waals surface area contributed by atoms with Crippen LogP contribution in [-0.2, 0) is 28.1 Å². The first kappa shape index (κ1) is 13.5. The Morgan fingerprint density at radius 1 is 1.47 bits per heavy atom. The van der Waals surface area contributed by atoms with Crippen molar-refractivity contribution in [1.29, 1.82) is 0 Å². The summed E-state index contributed by atoms with van der Waals surface area (Å²) >= 11 is 0. The SMILES string of the molecule is O=C(O)COc1cccc2c1CCC(N=S(=O)=O)C2. The molecule has 19 heavy (non-hydrogen) atoms. The average molecular weight is 283 g/mol. The molecule has 0 aromatic heterocycles. The highest BCUT2D eigenvalue weighted by Crippen LogP contribution is 2.30. The second kappa shape index (κ2) is 5.83. The zero-order chi connectivity index (χ0) is 13.8. The van der Waals surface area contributed by atoms with Crippen LogP contribution in [0.1, 0.15) is 17.5 Å². The number of fused-ring (bicyclic) bond motifs is 1. The van der Waals surface area contributed by atoms with Crippen LogP contribution >= 0.6 is 0 Å². The molecule has 0 amide bonds. The van der Waals surface area contributed by atoms with Crippen molar-refractivity contribution in [3.05, 3.63) is 29.3 Å². The van der Waals surface area contributed by atoms with Crippen molar-refractivity contribution in [2.24, 2.45) is 4.36 Å². The minimum absolute atomic E-state index is 0.236. The summed E-state index contributed by atoms with van der Waals surface area (Å²) in [5.41, 5.74) is 1.92. The summed E-state index contributed by atoms with van der Waals surface area (Å²) < 4.78 is 30.0. The topological polar surface area (TPSA) is 93.0 Å². The van der Waals surface area contributed by atoms with Gasteiger partial charge in [-0.1, -0.05) is 12.1 Å². The van der Waals surface area contributed by atoms with Crippen molar-refractivity contribution in [2.45, 2.75) is 25.3 Å². The molecule has 1 aromatic carbocycles. The van der Waals surface area contributed by atoms with Gasteiger partial charge in [0, 0.05) is 0 Å². The van der Waals surface area contributed by atoms with Gasteiger partial charge in [-0.05, 0) is 36.5 Å². The number of hydrogen-bond donors (Lipinski definition) is 1. The normalized spacial score (nSPS) is 17.4. The largest absolute Gasteiger partial charge is 0.482 e. The summed E-state index contributed by atoms with van der Waals surface area (Å²) in [6, 6.07) is 5.15. The van der Waals surface area contributed by atoms with E-state index in [0.29, 0.717) is 25.0 Å². The maximum Gasteiger partial charge on any atom is 0.341 e. The van der Waals surface area contributed by atoms with Crippen LogP contribution in [0.4, 0.5) is 0 Å². The van der Waals surface area contributed by atoms with E-state index in [4.69, 9.17) is 9.84 Å². The molecule has 1 aromatic rings. The Balaban J connectivity index is 2.20. The minimum atomic E-state index is -2.39. The van der Waals surface area contributed by atoms with Crippen molar-refractivity contribution in [3.8, 4) is 5.75 Å². The van der Waals surface area contributed by atoms with Gasteiger partial charge >= 0.3 is 16.5 Å². The number of rotatable bonds is 4. The molecule has 0 radical (unpaired) electrons. The number of nitrogens with zero attached hydrogens (tertiary/aromatic N) is 1. The molecule has 1 atom stereocenters. The molecule has 0 bridgehead atoms. The molecule has 7 heteroatoms. The molecule has 1 aliphatic rings. The van der Waals surface area contributed by atoms with Crippen LogP contribution in [0.15, 0.2) is 22.6 Å². The van der Waals surface area contributed by atoms with Crippen LogP contribution in [0.5, 0.6) is 5.75 Å². The van der Waals surface area contributed by atoms with Gasteiger partial charge in [0.2, 0.25) is 0 Å². The highest BCUT2D eigenvalue weighted by Gasteiger charge is 2.21. The third kappa shape index (κ3) is 3.54. The predicted octanol–water partition coefficient (Wildman–Crippen LogP) is 1.07. The van der Waals surface area contributed by atoms with Crippen LogP contribution in [0, 0.1) is 0 Å². The van der Waals surface area contributed by atoms with E-state index in [2.05, 4.69) is 4.36 Å². The van der Waals surface area contributed by atoms with Gasteiger partial charge in [0.25, 0.3) is 0 Å². The van der Waals surface area contributed by atoms with E-state index in [1.165, 1.54) is 0 Å². The van der Waals surface area contributed by atoms with Crippen LogP contribution in [-0.4, -0.2) is 32.1 Å². The van der Waals surface area contributed by atoms with E-state index in [1.54, 1.807) is 12.1 Å². The monoisotopic (exact) mass is 283 g/mol. The molecule has 0 aliphatic heterocycles. The Morgan fingerprint density at radius 3 is 2.95 bits per heavy atom. The summed E-state index contributed by atoms with van der Waals surface area (Å²) in [7, 11) is -2.39. The zero-order valence-electron chi connectivity index (χ0n) is 10.1. The van der Waals surface area contributed by atoms with Crippen LogP contribution in [0.25, 0.3) is 0 Å². The van der Waals surface area contributed by atoms with Gasteiger partial charge in [-0.3, -0.25) is 0 Å². The van der Waals surface area contributed by atoms with Gasteiger partial charge < -0.3 is 9.84 Å². The van der Waals surface area contributed by atoms with Crippen molar-refractivity contribution >= 4 is 16.5 Å². The molecule has 0 heterocycles. The number of benzene rings is 1. The highest BCUT2D eigenvalue weighted by atomic mass is 32.2. The van der Waals surface area contributed by atoms with Gasteiger partial charge in [0.15, 0.2) is 6.61 Å². The maximum absolute atomic E-state index is 10.6. The minimum Gasteiger partial charge on any atom is -0.482 e. The number of ether oxygens (including phenoxy) is 1. The second-order valence-electron chi connectivity index (χ2n) is 4.30. The Bertz CT molecular complexity index is 615. The molecular formula is C12H13NO5S. The second-order valence-corrected chi connectivity index (χ2v) is 4.94. The van der Waals surface area contributed by atoms with Crippen LogP contribution < -0.4 is 4.74 Å². The number of carboxylic acids is 1. The fourth-order valence-electron chi connectivity index (χ4n) is 2.24. The lowest BCUT2D eigenvalue weighted by molar-refractivity contribution is -0.139. The fraction of sp³-hybridized carbons (Fsp3) is 0.417. The van der Waals surface area contributed by atoms with Gasteiger partial charge in [-0.15, -0.1) is 0 Å². The summed E-state index contributed by atoms with van der Waals surface area (Å²) in [5, 5.41) is 8.61. The number of carboxylic acid groups (broad SMARTS) is 1. The fourth-order valence-corrected chi connectivity index (χ4v) is 2.66. The molecule has 102 valence electrons. The van der Waals surface area contributed by atoms with Gasteiger partial charge in [0.05, 0.1) is 6.04 Å². The van der Waals surface area contributed by atoms with Crippen molar-refractivity contribution < 1.29 is 23.1 Å². The first-order valence-corrected chi connectivity index (χ1v) is 6.85. The van der Waals surface area contributed by atoms with Crippen LogP contribution in [0.3, 0.4) is 0 Å². The van der Waals surface area contributed by atoms with E-state index < -0.39 is 16.5 Å². The molecule has 0 fully saturated rings. The molecule has 1 N–H and O–H groups in total. The molecule has 1 aliphatic carbocycles. The van der Waals surface area contributed by atoms with Crippen molar-refractivity contribution in [2.75, 3.05) is 6.61 Å². The molecule has 6 nitrogen and oxygen atoms in total. The summed E-state index contributed by atoms with van der Waals surface area (Å²) in [5.74, 6) is -0.468. The summed E-state index contributed by atoms with van der Waals surface area (Å²) in [4.78, 5) is 10.5. The Morgan fingerprint density at radius 2 is 2.26 bits per heavy atom. The van der Waals surface area contributed by atoms with E-state index in [9.17, 15) is 13.2 Å². The van der Waals surface area contributed by atoms with E-state index in [1.807, 2.05) is 6.07 Å². The molecule has 0 spiro atoms.